The van der Waals surface area contributed by atoms with E-state index in [-0.39, 0.29) is 0 Å². The molecule has 0 aliphatic carbocycles. The van der Waals surface area contributed by atoms with Crippen LogP contribution in [0.2, 0.25) is 5.02 Å². The first kappa shape index (κ1) is 11.5. The molecule has 0 aliphatic heterocycles. The smallest absolute Gasteiger partial charge is 0.396 e. The van der Waals surface area contributed by atoms with Crippen LogP contribution in [0.5, 0.6) is 0 Å². The molecule has 1 amide bonds. The number of ether oxygens (including phenoxy) is 1. The van der Waals surface area contributed by atoms with Crippen molar-refractivity contribution in [3.05, 3.63) is 28.8 Å². The number of esters is 1. The van der Waals surface area contributed by atoms with Crippen molar-refractivity contribution in [1.82, 2.24) is 0 Å². The maximum Gasteiger partial charge on any atom is 0.396 e. The van der Waals surface area contributed by atoms with Crippen LogP contribution < -0.4 is 5.32 Å². The van der Waals surface area contributed by atoms with E-state index in [1.165, 1.54) is 0 Å². The Morgan fingerprint density at radius 1 is 1.40 bits per heavy atom. The molecule has 0 radical (unpaired) electrons. The van der Waals surface area contributed by atoms with Crippen LogP contribution >= 0.6 is 11.6 Å². The van der Waals surface area contributed by atoms with Crippen molar-refractivity contribution in [3.8, 4) is 0 Å². The number of methoxy groups -OCH3 is 1. The number of hydrogen-bond donors (Lipinski definition) is 1. The molecule has 0 saturated carbocycles. The van der Waals surface area contributed by atoms with E-state index in [1.807, 2.05) is 0 Å². The van der Waals surface area contributed by atoms with Crippen LogP contribution in [-0.4, -0.2) is 19.0 Å². The highest BCUT2D eigenvalue weighted by molar-refractivity contribution is 6.37. The van der Waals surface area contributed by atoms with Gasteiger partial charge in [0.15, 0.2) is 0 Å². The van der Waals surface area contributed by atoms with E-state index in [1.54, 1.807) is 25.1 Å². The predicted octanol–water partition coefficient (Wildman–Crippen LogP) is 1.76. The molecule has 0 unspecified atom stereocenters. The van der Waals surface area contributed by atoms with Crippen LogP contribution in [0.3, 0.4) is 0 Å². The Morgan fingerprint density at radius 3 is 2.67 bits per heavy atom. The number of halogens is 1. The van der Waals surface area contributed by atoms with Crippen molar-refractivity contribution in [1.29, 1.82) is 0 Å². The van der Waals surface area contributed by atoms with Gasteiger partial charge in [-0.15, -0.1) is 0 Å². The van der Waals surface area contributed by atoms with Crippen LogP contribution in [0.1, 0.15) is 5.56 Å². The van der Waals surface area contributed by atoms with Crippen LogP contribution in [0.25, 0.3) is 0 Å². The first-order valence-electron chi connectivity index (χ1n) is 4.20. The van der Waals surface area contributed by atoms with Crippen molar-refractivity contribution in [2.75, 3.05) is 12.4 Å². The third kappa shape index (κ3) is 2.70. The summed E-state index contributed by atoms with van der Waals surface area (Å²) in [6.07, 6.45) is 0. The monoisotopic (exact) mass is 227 g/mol. The van der Waals surface area contributed by atoms with Gasteiger partial charge in [-0.3, -0.25) is 4.79 Å². The summed E-state index contributed by atoms with van der Waals surface area (Å²) in [5, 5.41) is 2.93. The zero-order valence-electron chi connectivity index (χ0n) is 8.33. The quantitative estimate of drug-likeness (QED) is 0.588. The van der Waals surface area contributed by atoms with E-state index in [2.05, 4.69) is 10.1 Å². The molecule has 1 N–H and O–H groups in total. The highest BCUT2D eigenvalue weighted by atomic mass is 35.5. The maximum absolute atomic E-state index is 11.2. The Labute approximate surface area is 92.2 Å². The summed E-state index contributed by atoms with van der Waals surface area (Å²) < 4.78 is 4.27. The molecule has 1 rings (SSSR count). The number of anilines is 1. The molecule has 0 fully saturated rings. The number of carbonyl (C=O) groups is 2. The fraction of sp³-hybridized carbons (Fsp3) is 0.200. The minimum absolute atomic E-state index is 0.498. The third-order valence-corrected chi connectivity index (χ3v) is 2.30. The van der Waals surface area contributed by atoms with Crippen LogP contribution in [0.4, 0.5) is 5.69 Å². The zero-order valence-corrected chi connectivity index (χ0v) is 9.09. The molecule has 4 nitrogen and oxygen atoms in total. The van der Waals surface area contributed by atoms with Crippen LogP contribution in [-0.2, 0) is 14.3 Å². The first-order chi connectivity index (χ1) is 7.06. The zero-order chi connectivity index (χ0) is 11.4. The molecule has 15 heavy (non-hydrogen) atoms. The molecule has 0 heterocycles. The second kappa shape index (κ2) is 4.79. The summed E-state index contributed by atoms with van der Waals surface area (Å²) in [5.74, 6) is -1.75. The Balaban J connectivity index is 2.86. The standard InChI is InChI=1S/C10H10ClNO3/c1-6-7(11)4-3-5-8(6)12-9(13)10(14)15-2/h3-5H,1-2H3,(H,12,13). The summed E-state index contributed by atoms with van der Waals surface area (Å²) in [6.45, 7) is 1.75. The molecule has 0 saturated heterocycles. The van der Waals surface area contributed by atoms with E-state index in [0.717, 1.165) is 7.11 Å². The molecular formula is C10H10ClNO3. The molecule has 0 aromatic heterocycles. The lowest BCUT2D eigenvalue weighted by Crippen LogP contribution is -2.24. The summed E-state index contributed by atoms with van der Waals surface area (Å²) in [6, 6.07) is 5.04. The van der Waals surface area contributed by atoms with Gasteiger partial charge in [-0.1, -0.05) is 17.7 Å². The summed E-state index contributed by atoms with van der Waals surface area (Å²) in [4.78, 5) is 22.0. The number of benzene rings is 1. The molecule has 0 aliphatic rings. The van der Waals surface area contributed by atoms with Crippen molar-refractivity contribution < 1.29 is 14.3 Å². The molecule has 80 valence electrons. The fourth-order valence-electron chi connectivity index (χ4n) is 1.01. The number of hydrogen-bond acceptors (Lipinski definition) is 3. The third-order valence-electron chi connectivity index (χ3n) is 1.89. The normalized spacial score (nSPS) is 9.53. The van der Waals surface area contributed by atoms with Gasteiger partial charge in [0.1, 0.15) is 0 Å². The van der Waals surface area contributed by atoms with Crippen LogP contribution in [0.15, 0.2) is 18.2 Å². The minimum atomic E-state index is -0.936. The second-order valence-corrected chi connectivity index (χ2v) is 3.27. The maximum atomic E-state index is 11.2. The van der Waals surface area contributed by atoms with Gasteiger partial charge in [-0.2, -0.15) is 0 Å². The Bertz CT molecular complexity index is 404. The van der Waals surface area contributed by atoms with Crippen LogP contribution in [0, 0.1) is 6.92 Å². The summed E-state index contributed by atoms with van der Waals surface area (Å²) >= 11 is 5.84. The summed E-state index contributed by atoms with van der Waals surface area (Å²) in [7, 11) is 1.15. The topological polar surface area (TPSA) is 55.4 Å². The second-order valence-electron chi connectivity index (χ2n) is 2.86. The van der Waals surface area contributed by atoms with E-state index in [4.69, 9.17) is 11.6 Å². The van der Waals surface area contributed by atoms with E-state index >= 15 is 0 Å². The molecule has 0 spiro atoms. The Hall–Kier alpha value is -1.55. The van der Waals surface area contributed by atoms with Gasteiger partial charge in [0.05, 0.1) is 7.11 Å². The largest absolute Gasteiger partial charge is 0.462 e. The van der Waals surface area contributed by atoms with Crippen molar-refractivity contribution >= 4 is 29.2 Å². The average molecular weight is 228 g/mol. The molecule has 1 aromatic rings. The number of carbonyl (C=O) groups excluding carboxylic acids is 2. The van der Waals surface area contributed by atoms with Gasteiger partial charge in [-0.25, -0.2) is 4.79 Å². The van der Waals surface area contributed by atoms with Gasteiger partial charge in [0.2, 0.25) is 0 Å². The van der Waals surface area contributed by atoms with E-state index in [0.29, 0.717) is 16.3 Å². The highest BCUT2D eigenvalue weighted by Gasteiger charge is 2.14. The number of nitrogens with one attached hydrogen (secondary N) is 1. The van der Waals surface area contributed by atoms with E-state index < -0.39 is 11.9 Å². The molecular weight excluding hydrogens is 218 g/mol. The van der Waals surface area contributed by atoms with Gasteiger partial charge in [-0.05, 0) is 24.6 Å². The molecule has 5 heteroatoms. The molecule has 1 aromatic carbocycles. The fourth-order valence-corrected chi connectivity index (χ4v) is 1.18. The average Bonchev–Trinajstić information content (AvgIpc) is 2.23. The van der Waals surface area contributed by atoms with Gasteiger partial charge >= 0.3 is 11.9 Å². The lowest BCUT2D eigenvalue weighted by molar-refractivity contribution is -0.150. The lowest BCUT2D eigenvalue weighted by Gasteiger charge is -2.07. The first-order valence-corrected chi connectivity index (χ1v) is 4.58. The van der Waals surface area contributed by atoms with E-state index in [9.17, 15) is 9.59 Å². The molecule has 0 bridgehead atoms. The Morgan fingerprint density at radius 2 is 2.07 bits per heavy atom. The van der Waals surface area contributed by atoms with Gasteiger partial charge in [0.25, 0.3) is 0 Å². The highest BCUT2D eigenvalue weighted by Crippen LogP contribution is 2.22. The van der Waals surface area contributed by atoms with Crippen molar-refractivity contribution in [2.45, 2.75) is 6.92 Å². The van der Waals surface area contributed by atoms with Gasteiger partial charge in [0, 0.05) is 10.7 Å². The lowest BCUT2D eigenvalue weighted by atomic mass is 10.2. The predicted molar refractivity (Wildman–Crippen MR) is 56.8 cm³/mol. The number of amides is 1. The SMILES string of the molecule is COC(=O)C(=O)Nc1cccc(Cl)c1C. The molecule has 0 atom stereocenters. The van der Waals surface area contributed by atoms with Crippen molar-refractivity contribution in [3.63, 3.8) is 0 Å². The summed E-state index contributed by atoms with van der Waals surface area (Å²) in [5.41, 5.74) is 1.20. The van der Waals surface area contributed by atoms with Gasteiger partial charge < -0.3 is 10.1 Å². The minimum Gasteiger partial charge on any atom is -0.462 e. The Kier molecular flexibility index (Phi) is 3.68. The number of rotatable bonds is 1. The van der Waals surface area contributed by atoms with Crippen molar-refractivity contribution in [2.24, 2.45) is 0 Å².